The lowest BCUT2D eigenvalue weighted by Gasteiger charge is -2.12. The number of hydrogen-bond donors (Lipinski definition) is 1. The molecule has 7 heteroatoms. The van der Waals surface area contributed by atoms with Crippen molar-refractivity contribution < 1.29 is 9.53 Å². The van der Waals surface area contributed by atoms with E-state index < -0.39 is 5.97 Å². The third-order valence-corrected chi connectivity index (χ3v) is 4.83. The average Bonchev–Trinajstić information content (AvgIpc) is 3.31. The molecule has 2 heterocycles. The summed E-state index contributed by atoms with van der Waals surface area (Å²) in [5.74, 6) is 0.460. The standard InChI is InChI=1S/C19H14ClN3O2S/c1-25-19(24)15-9-13(20)2-4-16(15)22-14-3-5-17-12(8-14)6-7-23(17)18-10-26-11-21-18/h2-11,22H,1H3. The fraction of sp³-hybridized carbons (Fsp3) is 0.0526. The van der Waals surface area contributed by atoms with Gasteiger partial charge in [0.15, 0.2) is 0 Å². The van der Waals surface area contributed by atoms with Crippen LogP contribution in [0.2, 0.25) is 5.02 Å². The van der Waals surface area contributed by atoms with Gasteiger partial charge < -0.3 is 14.6 Å². The number of carbonyl (C=O) groups is 1. The molecule has 26 heavy (non-hydrogen) atoms. The van der Waals surface area contributed by atoms with Crippen molar-refractivity contribution in [3.63, 3.8) is 0 Å². The minimum absolute atomic E-state index is 0.389. The van der Waals surface area contributed by atoms with E-state index in [-0.39, 0.29) is 0 Å². The second-order valence-electron chi connectivity index (χ2n) is 5.61. The topological polar surface area (TPSA) is 56.1 Å². The Hall–Kier alpha value is -2.83. The molecule has 0 unspecified atom stereocenters. The van der Waals surface area contributed by atoms with E-state index in [2.05, 4.69) is 10.3 Å². The van der Waals surface area contributed by atoms with Crippen LogP contribution in [0, 0.1) is 0 Å². The summed E-state index contributed by atoms with van der Waals surface area (Å²) in [5, 5.41) is 6.82. The van der Waals surface area contributed by atoms with Gasteiger partial charge >= 0.3 is 5.97 Å². The number of benzene rings is 2. The van der Waals surface area contributed by atoms with Gasteiger partial charge in [0, 0.05) is 27.7 Å². The highest BCUT2D eigenvalue weighted by atomic mass is 35.5. The summed E-state index contributed by atoms with van der Waals surface area (Å²) in [4.78, 5) is 16.3. The molecular weight excluding hydrogens is 370 g/mol. The van der Waals surface area contributed by atoms with Crippen LogP contribution in [0.5, 0.6) is 0 Å². The Balaban J connectivity index is 1.70. The van der Waals surface area contributed by atoms with E-state index in [9.17, 15) is 4.79 Å². The lowest BCUT2D eigenvalue weighted by molar-refractivity contribution is 0.0602. The Morgan fingerprint density at radius 2 is 2.12 bits per heavy atom. The van der Waals surface area contributed by atoms with Crippen LogP contribution in [0.3, 0.4) is 0 Å². The quantitative estimate of drug-likeness (QED) is 0.488. The van der Waals surface area contributed by atoms with Crippen molar-refractivity contribution in [1.29, 1.82) is 0 Å². The third-order valence-electron chi connectivity index (χ3n) is 4.02. The number of thiazole rings is 1. The number of esters is 1. The van der Waals surface area contributed by atoms with Crippen LogP contribution in [-0.2, 0) is 4.74 Å². The summed E-state index contributed by atoms with van der Waals surface area (Å²) in [6.45, 7) is 0. The van der Waals surface area contributed by atoms with Gasteiger partial charge in [0.25, 0.3) is 0 Å². The summed E-state index contributed by atoms with van der Waals surface area (Å²) in [6.07, 6.45) is 1.99. The van der Waals surface area contributed by atoms with Crippen LogP contribution in [0.15, 0.2) is 59.6 Å². The molecule has 2 aromatic carbocycles. The highest BCUT2D eigenvalue weighted by molar-refractivity contribution is 7.07. The number of methoxy groups -OCH3 is 1. The second-order valence-corrected chi connectivity index (χ2v) is 6.77. The molecule has 0 saturated heterocycles. The average molecular weight is 384 g/mol. The summed E-state index contributed by atoms with van der Waals surface area (Å²) < 4.78 is 6.88. The maximum absolute atomic E-state index is 12.0. The number of anilines is 2. The number of rotatable bonds is 4. The Morgan fingerprint density at radius 3 is 2.88 bits per heavy atom. The maximum atomic E-state index is 12.0. The molecule has 0 aliphatic carbocycles. The lowest BCUT2D eigenvalue weighted by atomic mass is 10.1. The Bertz CT molecular complexity index is 1090. The molecule has 0 spiro atoms. The lowest BCUT2D eigenvalue weighted by Crippen LogP contribution is -2.05. The van der Waals surface area contributed by atoms with Gasteiger partial charge in [-0.25, -0.2) is 9.78 Å². The summed E-state index contributed by atoms with van der Waals surface area (Å²) >= 11 is 7.57. The summed E-state index contributed by atoms with van der Waals surface area (Å²) in [6, 6.07) is 13.1. The van der Waals surface area contributed by atoms with Crippen LogP contribution >= 0.6 is 22.9 Å². The fourth-order valence-electron chi connectivity index (χ4n) is 2.81. The van der Waals surface area contributed by atoms with E-state index >= 15 is 0 Å². The monoisotopic (exact) mass is 383 g/mol. The van der Waals surface area contributed by atoms with E-state index in [1.165, 1.54) is 7.11 Å². The van der Waals surface area contributed by atoms with Crippen LogP contribution in [0.25, 0.3) is 16.7 Å². The van der Waals surface area contributed by atoms with Crippen molar-refractivity contribution >= 4 is 51.2 Å². The number of halogens is 1. The van der Waals surface area contributed by atoms with E-state index in [0.717, 1.165) is 22.4 Å². The molecular formula is C19H14ClN3O2S. The summed E-state index contributed by atoms with van der Waals surface area (Å²) in [7, 11) is 1.35. The van der Waals surface area contributed by atoms with Gasteiger partial charge in [0.2, 0.25) is 0 Å². The molecule has 0 fully saturated rings. The first-order valence-corrected chi connectivity index (χ1v) is 9.12. The molecule has 0 amide bonds. The van der Waals surface area contributed by atoms with Crippen molar-refractivity contribution in [1.82, 2.24) is 9.55 Å². The van der Waals surface area contributed by atoms with Crippen LogP contribution in [0.4, 0.5) is 11.4 Å². The van der Waals surface area contributed by atoms with Gasteiger partial charge in [-0.3, -0.25) is 0 Å². The van der Waals surface area contributed by atoms with Crippen molar-refractivity contribution in [2.75, 3.05) is 12.4 Å². The Labute approximate surface area is 158 Å². The number of nitrogens with zero attached hydrogens (tertiary/aromatic N) is 2. The van der Waals surface area contributed by atoms with Crippen LogP contribution < -0.4 is 5.32 Å². The molecule has 0 aliphatic rings. The van der Waals surface area contributed by atoms with E-state index in [1.54, 1.807) is 29.5 Å². The maximum Gasteiger partial charge on any atom is 0.340 e. The van der Waals surface area contributed by atoms with Gasteiger partial charge in [-0.05, 0) is 42.5 Å². The number of aromatic nitrogens is 2. The molecule has 5 nitrogen and oxygen atoms in total. The highest BCUT2D eigenvalue weighted by Crippen LogP contribution is 2.28. The van der Waals surface area contributed by atoms with Gasteiger partial charge in [-0.1, -0.05) is 11.6 Å². The van der Waals surface area contributed by atoms with E-state index in [1.807, 2.05) is 45.9 Å². The largest absolute Gasteiger partial charge is 0.465 e. The van der Waals surface area contributed by atoms with E-state index in [0.29, 0.717) is 16.3 Å². The zero-order valence-electron chi connectivity index (χ0n) is 13.8. The second kappa shape index (κ2) is 6.82. The predicted molar refractivity (Wildman–Crippen MR) is 105 cm³/mol. The molecule has 1 N–H and O–H groups in total. The molecule has 0 saturated carbocycles. The zero-order valence-corrected chi connectivity index (χ0v) is 15.3. The van der Waals surface area contributed by atoms with Gasteiger partial charge in [-0.15, -0.1) is 11.3 Å². The van der Waals surface area contributed by atoms with Crippen LogP contribution in [-0.4, -0.2) is 22.6 Å². The smallest absolute Gasteiger partial charge is 0.340 e. The van der Waals surface area contributed by atoms with Crippen molar-refractivity contribution in [3.05, 3.63) is 70.1 Å². The molecule has 4 aromatic rings. The molecule has 0 bridgehead atoms. The first-order valence-electron chi connectivity index (χ1n) is 7.80. The first kappa shape index (κ1) is 16.6. The van der Waals surface area contributed by atoms with Crippen molar-refractivity contribution in [2.24, 2.45) is 0 Å². The molecule has 130 valence electrons. The third kappa shape index (κ3) is 3.05. The van der Waals surface area contributed by atoms with E-state index in [4.69, 9.17) is 16.3 Å². The van der Waals surface area contributed by atoms with Crippen molar-refractivity contribution in [2.45, 2.75) is 0 Å². The number of fused-ring (bicyclic) bond motifs is 1. The normalized spacial score (nSPS) is 10.8. The molecule has 0 atom stereocenters. The van der Waals surface area contributed by atoms with Gasteiger partial charge in [0.1, 0.15) is 5.82 Å². The van der Waals surface area contributed by atoms with Crippen LogP contribution in [0.1, 0.15) is 10.4 Å². The molecule has 0 radical (unpaired) electrons. The summed E-state index contributed by atoms with van der Waals surface area (Å²) in [5.41, 5.74) is 4.76. The Kier molecular flexibility index (Phi) is 4.36. The van der Waals surface area contributed by atoms with Gasteiger partial charge in [-0.2, -0.15) is 0 Å². The van der Waals surface area contributed by atoms with Gasteiger partial charge in [0.05, 0.1) is 29.4 Å². The number of ether oxygens (including phenoxy) is 1. The number of nitrogens with one attached hydrogen (secondary N) is 1. The Morgan fingerprint density at radius 1 is 1.23 bits per heavy atom. The fourth-order valence-corrected chi connectivity index (χ4v) is 3.50. The minimum atomic E-state index is -0.439. The zero-order chi connectivity index (χ0) is 18.1. The molecule has 0 aliphatic heterocycles. The highest BCUT2D eigenvalue weighted by Gasteiger charge is 2.13. The molecule has 2 aromatic heterocycles. The first-order chi connectivity index (χ1) is 12.7. The number of hydrogen-bond acceptors (Lipinski definition) is 5. The SMILES string of the molecule is COC(=O)c1cc(Cl)ccc1Nc1ccc2c(ccn2-c2cscn2)c1. The van der Waals surface area contributed by atoms with Crippen molar-refractivity contribution in [3.8, 4) is 5.82 Å². The number of carbonyl (C=O) groups excluding carboxylic acids is 1. The predicted octanol–water partition coefficient (Wildman–Crippen LogP) is 5.27. The molecule has 4 rings (SSSR count). The minimum Gasteiger partial charge on any atom is -0.465 e.